The summed E-state index contributed by atoms with van der Waals surface area (Å²) in [4.78, 5) is 12.6. The van der Waals surface area contributed by atoms with Crippen LogP contribution in [0.4, 0.5) is 4.79 Å². The fourth-order valence-electron chi connectivity index (χ4n) is 1.42. The predicted octanol–water partition coefficient (Wildman–Crippen LogP) is 2.00. The number of carbonyl (C=O) groups excluding carboxylic acids is 1. The molecule has 0 radical (unpaired) electrons. The second-order valence-electron chi connectivity index (χ2n) is 3.45. The van der Waals surface area contributed by atoms with Crippen LogP contribution < -0.4 is 0 Å². The summed E-state index contributed by atoms with van der Waals surface area (Å²) in [6, 6.07) is 0.190. The molecule has 0 aromatic heterocycles. The van der Waals surface area contributed by atoms with E-state index in [9.17, 15) is 4.79 Å². The highest BCUT2D eigenvalue weighted by Gasteiger charge is 2.30. The van der Waals surface area contributed by atoms with Crippen molar-refractivity contribution in [3.8, 4) is 0 Å². The van der Waals surface area contributed by atoms with Crippen LogP contribution in [0.25, 0.3) is 0 Å². The molecule has 0 spiro atoms. The second kappa shape index (κ2) is 3.61. The minimum atomic E-state index is -0.268. The highest BCUT2D eigenvalue weighted by Crippen LogP contribution is 2.18. The topological polar surface area (TPSA) is 29.5 Å². The van der Waals surface area contributed by atoms with E-state index in [0.29, 0.717) is 12.5 Å². The first-order chi connectivity index (χ1) is 5.65. The lowest BCUT2D eigenvalue weighted by molar-refractivity contribution is 0.166. The Kier molecular flexibility index (Phi) is 2.74. The Balaban J connectivity index is 2.54. The van der Waals surface area contributed by atoms with Crippen LogP contribution in [0.1, 0.15) is 20.3 Å². The molecule has 12 heavy (non-hydrogen) atoms. The van der Waals surface area contributed by atoms with Crippen molar-refractivity contribution in [2.75, 3.05) is 6.61 Å². The van der Waals surface area contributed by atoms with E-state index >= 15 is 0 Å². The summed E-state index contributed by atoms with van der Waals surface area (Å²) in [5, 5.41) is 0. The molecule has 0 aliphatic carbocycles. The standard InChI is InChI=1S/C9H15NO2/c1-4-10-8(5-7(2)3)6-12-9(10)11/h4,7-8H,1,5-6H2,2-3H3/t8-/m0/s1. The van der Waals surface area contributed by atoms with Gasteiger partial charge in [-0.3, -0.25) is 4.90 Å². The average Bonchev–Trinajstić information content (AvgIpc) is 2.30. The molecule has 1 aliphatic rings. The minimum Gasteiger partial charge on any atom is -0.447 e. The molecular formula is C9H15NO2. The third-order valence-electron chi connectivity index (χ3n) is 1.94. The molecule has 1 fully saturated rings. The Morgan fingerprint density at radius 2 is 2.50 bits per heavy atom. The summed E-state index contributed by atoms with van der Waals surface area (Å²) in [7, 11) is 0. The molecule has 3 heteroatoms. The number of rotatable bonds is 3. The quantitative estimate of drug-likeness (QED) is 0.646. The molecule has 0 aromatic rings. The molecule has 0 unspecified atom stereocenters. The molecule has 1 amide bonds. The van der Waals surface area contributed by atoms with Gasteiger partial charge >= 0.3 is 6.09 Å². The molecule has 0 bridgehead atoms. The Labute approximate surface area is 73.0 Å². The molecule has 3 nitrogen and oxygen atoms in total. The van der Waals surface area contributed by atoms with Gasteiger partial charge in [0, 0.05) is 6.20 Å². The van der Waals surface area contributed by atoms with Crippen molar-refractivity contribution in [3.05, 3.63) is 12.8 Å². The first kappa shape index (κ1) is 9.10. The zero-order valence-corrected chi connectivity index (χ0v) is 7.62. The summed E-state index contributed by atoms with van der Waals surface area (Å²) in [6.45, 7) is 8.34. The molecular weight excluding hydrogens is 154 g/mol. The van der Waals surface area contributed by atoms with Gasteiger partial charge in [0.15, 0.2) is 0 Å². The SMILES string of the molecule is C=CN1C(=O)OC[C@@H]1CC(C)C. The Morgan fingerprint density at radius 3 is 3.00 bits per heavy atom. The number of hydrogen-bond donors (Lipinski definition) is 0. The maximum absolute atomic E-state index is 11.0. The fourth-order valence-corrected chi connectivity index (χ4v) is 1.42. The summed E-state index contributed by atoms with van der Waals surface area (Å²) in [5.41, 5.74) is 0. The van der Waals surface area contributed by atoms with Crippen LogP contribution in [-0.2, 0) is 4.74 Å². The van der Waals surface area contributed by atoms with E-state index < -0.39 is 0 Å². The van der Waals surface area contributed by atoms with Crippen LogP contribution in [0.5, 0.6) is 0 Å². The van der Waals surface area contributed by atoms with Crippen molar-refractivity contribution in [1.29, 1.82) is 0 Å². The number of hydrogen-bond acceptors (Lipinski definition) is 2. The zero-order valence-electron chi connectivity index (χ0n) is 7.62. The van der Waals surface area contributed by atoms with Crippen LogP contribution in [0.3, 0.4) is 0 Å². The van der Waals surface area contributed by atoms with Gasteiger partial charge in [0.1, 0.15) is 6.61 Å². The Bertz CT molecular complexity index is 189. The highest BCUT2D eigenvalue weighted by atomic mass is 16.6. The summed E-state index contributed by atoms with van der Waals surface area (Å²) in [6.07, 6.45) is 2.25. The van der Waals surface area contributed by atoms with E-state index in [2.05, 4.69) is 20.4 Å². The maximum atomic E-state index is 11.0. The fraction of sp³-hybridized carbons (Fsp3) is 0.667. The van der Waals surface area contributed by atoms with E-state index in [1.807, 2.05) is 0 Å². The van der Waals surface area contributed by atoms with E-state index in [-0.39, 0.29) is 12.1 Å². The van der Waals surface area contributed by atoms with E-state index in [4.69, 9.17) is 4.74 Å². The van der Waals surface area contributed by atoms with Gasteiger partial charge in [0.05, 0.1) is 6.04 Å². The molecule has 0 saturated carbocycles. The van der Waals surface area contributed by atoms with Gasteiger partial charge in [-0.2, -0.15) is 0 Å². The van der Waals surface area contributed by atoms with Gasteiger partial charge in [0.2, 0.25) is 0 Å². The van der Waals surface area contributed by atoms with Crippen LogP contribution in [0.2, 0.25) is 0 Å². The lowest BCUT2D eigenvalue weighted by atomic mass is 10.0. The van der Waals surface area contributed by atoms with Crippen LogP contribution >= 0.6 is 0 Å². The van der Waals surface area contributed by atoms with Gasteiger partial charge < -0.3 is 4.74 Å². The maximum Gasteiger partial charge on any atom is 0.414 e. The molecule has 0 aromatic carbocycles. The van der Waals surface area contributed by atoms with E-state index in [0.717, 1.165) is 6.42 Å². The molecule has 1 atom stereocenters. The van der Waals surface area contributed by atoms with Crippen molar-refractivity contribution < 1.29 is 9.53 Å². The van der Waals surface area contributed by atoms with Crippen LogP contribution in [0, 0.1) is 5.92 Å². The van der Waals surface area contributed by atoms with Gasteiger partial charge in [-0.15, -0.1) is 0 Å². The average molecular weight is 169 g/mol. The third-order valence-corrected chi connectivity index (χ3v) is 1.94. The third kappa shape index (κ3) is 1.78. The van der Waals surface area contributed by atoms with Gasteiger partial charge in [-0.25, -0.2) is 4.79 Å². The first-order valence-electron chi connectivity index (χ1n) is 4.22. The highest BCUT2D eigenvalue weighted by molar-refractivity contribution is 5.71. The Morgan fingerprint density at radius 1 is 1.83 bits per heavy atom. The minimum absolute atomic E-state index is 0.190. The molecule has 1 heterocycles. The van der Waals surface area contributed by atoms with Crippen molar-refractivity contribution in [2.45, 2.75) is 26.3 Å². The number of ether oxygens (including phenoxy) is 1. The van der Waals surface area contributed by atoms with Crippen LogP contribution in [-0.4, -0.2) is 23.6 Å². The predicted molar refractivity (Wildman–Crippen MR) is 46.6 cm³/mol. The summed E-state index contributed by atoms with van der Waals surface area (Å²) in [5.74, 6) is 0.576. The monoisotopic (exact) mass is 169 g/mol. The smallest absolute Gasteiger partial charge is 0.414 e. The van der Waals surface area contributed by atoms with Crippen LogP contribution in [0.15, 0.2) is 12.8 Å². The van der Waals surface area contributed by atoms with Crippen molar-refractivity contribution >= 4 is 6.09 Å². The number of nitrogens with zero attached hydrogens (tertiary/aromatic N) is 1. The second-order valence-corrected chi connectivity index (χ2v) is 3.45. The number of amides is 1. The Hall–Kier alpha value is -0.990. The van der Waals surface area contributed by atoms with Crippen molar-refractivity contribution in [3.63, 3.8) is 0 Å². The first-order valence-corrected chi connectivity index (χ1v) is 4.22. The molecule has 1 rings (SSSR count). The van der Waals surface area contributed by atoms with Crippen molar-refractivity contribution in [1.82, 2.24) is 4.90 Å². The lowest BCUT2D eigenvalue weighted by Crippen LogP contribution is -2.29. The molecule has 68 valence electrons. The van der Waals surface area contributed by atoms with Gasteiger partial charge in [-0.05, 0) is 12.3 Å². The summed E-state index contributed by atoms with van der Waals surface area (Å²) < 4.78 is 4.89. The number of carbonyl (C=O) groups is 1. The van der Waals surface area contributed by atoms with E-state index in [1.165, 1.54) is 0 Å². The van der Waals surface area contributed by atoms with E-state index in [1.54, 1.807) is 11.1 Å². The van der Waals surface area contributed by atoms with Crippen molar-refractivity contribution in [2.24, 2.45) is 5.92 Å². The molecule has 1 aliphatic heterocycles. The summed E-state index contributed by atoms with van der Waals surface area (Å²) >= 11 is 0. The molecule has 1 saturated heterocycles. The lowest BCUT2D eigenvalue weighted by Gasteiger charge is -2.18. The van der Waals surface area contributed by atoms with Gasteiger partial charge in [0.25, 0.3) is 0 Å². The zero-order chi connectivity index (χ0) is 9.14. The number of cyclic esters (lactones) is 1. The molecule has 0 N–H and O–H groups in total. The largest absolute Gasteiger partial charge is 0.447 e. The normalized spacial score (nSPS) is 23.1. The van der Waals surface area contributed by atoms with Gasteiger partial charge in [-0.1, -0.05) is 20.4 Å².